The van der Waals surface area contributed by atoms with Crippen LogP contribution in [0, 0.1) is 0 Å². The van der Waals surface area contributed by atoms with Crippen molar-refractivity contribution in [1.82, 2.24) is 9.78 Å². The fraction of sp³-hybridized carbons (Fsp3) is 0.200. The Morgan fingerprint density at radius 3 is 2.87 bits per heavy atom. The summed E-state index contributed by atoms with van der Waals surface area (Å²) in [6, 6.07) is 5.16. The van der Waals surface area contributed by atoms with Crippen molar-refractivity contribution in [2.75, 3.05) is 7.11 Å². The zero-order chi connectivity index (χ0) is 11.0. The fourth-order valence-electron chi connectivity index (χ4n) is 1.56. The van der Waals surface area contributed by atoms with Crippen molar-refractivity contribution >= 4 is 16.9 Å². The summed E-state index contributed by atoms with van der Waals surface area (Å²) in [7, 11) is 3.15. The lowest BCUT2D eigenvalue weighted by molar-refractivity contribution is 0.0687. The molecule has 0 fully saturated rings. The predicted octanol–water partition coefficient (Wildman–Crippen LogP) is 1.28. The summed E-state index contributed by atoms with van der Waals surface area (Å²) in [5, 5.41) is 13.7. The van der Waals surface area contributed by atoms with Gasteiger partial charge in [-0.3, -0.25) is 4.68 Å². The molecule has 2 rings (SSSR count). The van der Waals surface area contributed by atoms with E-state index < -0.39 is 5.97 Å². The Bertz CT molecular complexity index is 531. The van der Waals surface area contributed by atoms with E-state index in [2.05, 4.69) is 5.10 Å². The van der Waals surface area contributed by atoms with Gasteiger partial charge in [-0.25, -0.2) is 4.79 Å². The molecule has 1 aromatic heterocycles. The maximum absolute atomic E-state index is 11.0. The van der Waals surface area contributed by atoms with Crippen LogP contribution in [-0.2, 0) is 7.05 Å². The highest BCUT2D eigenvalue weighted by Gasteiger charge is 2.15. The lowest BCUT2D eigenvalue weighted by Gasteiger charge is -1.98. The van der Waals surface area contributed by atoms with Crippen molar-refractivity contribution in [1.29, 1.82) is 0 Å². The van der Waals surface area contributed by atoms with Crippen LogP contribution in [0.15, 0.2) is 18.2 Å². The number of aryl methyl sites for hydroxylation is 1. The highest BCUT2D eigenvalue weighted by Crippen LogP contribution is 2.23. The van der Waals surface area contributed by atoms with Crippen LogP contribution >= 0.6 is 0 Å². The smallest absolute Gasteiger partial charge is 0.354 e. The minimum absolute atomic E-state index is 0.170. The van der Waals surface area contributed by atoms with E-state index in [1.807, 2.05) is 0 Å². The van der Waals surface area contributed by atoms with Gasteiger partial charge in [0, 0.05) is 12.4 Å². The summed E-state index contributed by atoms with van der Waals surface area (Å²) >= 11 is 0. The van der Waals surface area contributed by atoms with E-state index in [1.54, 1.807) is 25.2 Å². The Hall–Kier alpha value is -2.04. The molecule has 1 aromatic carbocycles. The standard InChI is InChI=1S/C10H10N2O3/c1-12-9(10(13)14)7-5-6(15-2)3-4-8(7)11-12/h3-5H,1-2H3,(H,13,14). The molecule has 78 valence electrons. The van der Waals surface area contributed by atoms with Gasteiger partial charge < -0.3 is 9.84 Å². The number of fused-ring (bicyclic) bond motifs is 1. The first kappa shape index (κ1) is 9.51. The number of carbonyl (C=O) groups is 1. The predicted molar refractivity (Wildman–Crippen MR) is 54.2 cm³/mol. The molecule has 0 unspecified atom stereocenters. The number of rotatable bonds is 2. The summed E-state index contributed by atoms with van der Waals surface area (Å²) < 4.78 is 6.39. The molecule has 15 heavy (non-hydrogen) atoms. The van der Waals surface area contributed by atoms with Gasteiger partial charge >= 0.3 is 5.97 Å². The van der Waals surface area contributed by atoms with E-state index in [0.29, 0.717) is 16.7 Å². The first-order chi connectivity index (χ1) is 7.13. The van der Waals surface area contributed by atoms with Gasteiger partial charge in [-0.15, -0.1) is 0 Å². The monoisotopic (exact) mass is 206 g/mol. The highest BCUT2D eigenvalue weighted by atomic mass is 16.5. The van der Waals surface area contributed by atoms with Crippen molar-refractivity contribution in [2.24, 2.45) is 7.05 Å². The number of aromatic nitrogens is 2. The summed E-state index contributed by atoms with van der Waals surface area (Å²) in [4.78, 5) is 11.0. The van der Waals surface area contributed by atoms with Crippen molar-refractivity contribution < 1.29 is 14.6 Å². The summed E-state index contributed by atoms with van der Waals surface area (Å²) in [6.07, 6.45) is 0. The lowest BCUT2D eigenvalue weighted by Crippen LogP contribution is -2.05. The second-order valence-corrected chi connectivity index (χ2v) is 3.16. The average Bonchev–Trinajstić information content (AvgIpc) is 2.52. The molecule has 0 bridgehead atoms. The number of ether oxygens (including phenoxy) is 1. The van der Waals surface area contributed by atoms with Crippen molar-refractivity contribution in [3.05, 3.63) is 23.9 Å². The second-order valence-electron chi connectivity index (χ2n) is 3.16. The van der Waals surface area contributed by atoms with Gasteiger partial charge in [0.25, 0.3) is 0 Å². The molecule has 1 N–H and O–H groups in total. The number of hydrogen-bond donors (Lipinski definition) is 1. The minimum Gasteiger partial charge on any atom is -0.497 e. The van der Waals surface area contributed by atoms with Gasteiger partial charge in [-0.1, -0.05) is 0 Å². The fourth-order valence-corrected chi connectivity index (χ4v) is 1.56. The molecule has 0 radical (unpaired) electrons. The van der Waals surface area contributed by atoms with Crippen LogP contribution < -0.4 is 4.74 Å². The van der Waals surface area contributed by atoms with Crippen LogP contribution in [0.2, 0.25) is 0 Å². The van der Waals surface area contributed by atoms with Crippen LogP contribution in [-0.4, -0.2) is 28.0 Å². The van der Waals surface area contributed by atoms with Gasteiger partial charge in [-0.2, -0.15) is 5.10 Å². The molecule has 2 aromatic rings. The molecule has 0 saturated heterocycles. The Morgan fingerprint density at radius 1 is 1.53 bits per heavy atom. The number of carboxylic acid groups (broad SMARTS) is 1. The number of benzene rings is 1. The zero-order valence-corrected chi connectivity index (χ0v) is 8.39. The van der Waals surface area contributed by atoms with Gasteiger partial charge in [0.1, 0.15) is 5.75 Å². The van der Waals surface area contributed by atoms with Crippen LogP contribution in [0.1, 0.15) is 10.5 Å². The van der Waals surface area contributed by atoms with Crippen molar-refractivity contribution in [2.45, 2.75) is 0 Å². The first-order valence-corrected chi connectivity index (χ1v) is 4.37. The van der Waals surface area contributed by atoms with Crippen LogP contribution in [0.3, 0.4) is 0 Å². The number of carboxylic acids is 1. The molecule has 0 amide bonds. The third kappa shape index (κ3) is 1.41. The molecule has 0 saturated carbocycles. The van der Waals surface area contributed by atoms with Gasteiger partial charge in [-0.05, 0) is 18.2 Å². The third-order valence-electron chi connectivity index (χ3n) is 2.24. The van der Waals surface area contributed by atoms with Gasteiger partial charge in [0.15, 0.2) is 5.69 Å². The quantitative estimate of drug-likeness (QED) is 0.803. The Labute approximate surface area is 85.9 Å². The number of aromatic carboxylic acids is 1. The van der Waals surface area contributed by atoms with E-state index in [0.717, 1.165) is 0 Å². The van der Waals surface area contributed by atoms with E-state index in [9.17, 15) is 4.79 Å². The Kier molecular flexibility index (Phi) is 2.07. The van der Waals surface area contributed by atoms with E-state index >= 15 is 0 Å². The van der Waals surface area contributed by atoms with Crippen molar-refractivity contribution in [3.8, 4) is 5.75 Å². The Morgan fingerprint density at radius 2 is 2.27 bits per heavy atom. The summed E-state index contributed by atoms with van der Waals surface area (Å²) in [5.41, 5.74) is 0.819. The molecule has 5 nitrogen and oxygen atoms in total. The lowest BCUT2D eigenvalue weighted by atomic mass is 10.2. The second kappa shape index (κ2) is 3.27. The third-order valence-corrected chi connectivity index (χ3v) is 2.24. The van der Waals surface area contributed by atoms with E-state index in [4.69, 9.17) is 9.84 Å². The minimum atomic E-state index is -0.992. The zero-order valence-electron chi connectivity index (χ0n) is 8.39. The van der Waals surface area contributed by atoms with Crippen molar-refractivity contribution in [3.63, 3.8) is 0 Å². The van der Waals surface area contributed by atoms with Gasteiger partial charge in [0.2, 0.25) is 0 Å². The number of methoxy groups -OCH3 is 1. The molecule has 0 aliphatic carbocycles. The number of hydrogen-bond acceptors (Lipinski definition) is 3. The number of nitrogens with zero attached hydrogens (tertiary/aromatic N) is 2. The van der Waals surface area contributed by atoms with Gasteiger partial charge in [0.05, 0.1) is 12.6 Å². The van der Waals surface area contributed by atoms with Crippen LogP contribution in [0.4, 0.5) is 0 Å². The molecule has 1 heterocycles. The molecular formula is C10H10N2O3. The normalized spacial score (nSPS) is 10.5. The maximum Gasteiger partial charge on any atom is 0.354 e. The van der Waals surface area contributed by atoms with E-state index in [1.165, 1.54) is 11.8 Å². The van der Waals surface area contributed by atoms with E-state index in [-0.39, 0.29) is 5.69 Å². The molecule has 0 aliphatic rings. The topological polar surface area (TPSA) is 64.4 Å². The molecular weight excluding hydrogens is 196 g/mol. The Balaban J connectivity index is 2.77. The first-order valence-electron chi connectivity index (χ1n) is 4.37. The largest absolute Gasteiger partial charge is 0.497 e. The summed E-state index contributed by atoms with van der Waals surface area (Å²) in [5.74, 6) is -0.369. The average molecular weight is 206 g/mol. The molecule has 0 atom stereocenters. The maximum atomic E-state index is 11.0. The molecule has 5 heteroatoms. The van der Waals surface area contributed by atoms with Crippen LogP contribution in [0.5, 0.6) is 5.75 Å². The summed E-state index contributed by atoms with van der Waals surface area (Å²) in [6.45, 7) is 0. The molecule has 0 spiro atoms. The highest BCUT2D eigenvalue weighted by molar-refractivity contribution is 6.01. The molecule has 0 aliphatic heterocycles. The SMILES string of the molecule is COc1ccc2nn(C)c(C(=O)O)c2c1. The van der Waals surface area contributed by atoms with Crippen LogP contribution in [0.25, 0.3) is 10.9 Å².